The van der Waals surface area contributed by atoms with Gasteiger partial charge in [-0.1, -0.05) is 0 Å². The minimum absolute atomic E-state index is 0. The molecule has 0 radical (unpaired) electrons. The second-order valence-electron chi connectivity index (χ2n) is 4.96. The van der Waals surface area contributed by atoms with Crippen LogP contribution in [0, 0.1) is 5.92 Å². The van der Waals surface area contributed by atoms with E-state index in [-0.39, 0.29) is 48.8 Å². The quantitative estimate of drug-likeness (QED) is 0.454. The highest BCUT2D eigenvalue weighted by molar-refractivity contribution is 14.0. The number of morpholine rings is 1. The van der Waals surface area contributed by atoms with Crippen molar-refractivity contribution in [2.45, 2.75) is 31.8 Å². The van der Waals surface area contributed by atoms with Crippen molar-refractivity contribution < 1.29 is 13.5 Å². The first-order valence-electron chi connectivity index (χ1n) is 6.00. The highest BCUT2D eigenvalue weighted by Gasteiger charge is 2.44. The molecule has 1 saturated carbocycles. The normalized spacial score (nSPS) is 28.5. The summed E-state index contributed by atoms with van der Waals surface area (Å²) >= 11 is 0. The van der Waals surface area contributed by atoms with Gasteiger partial charge in [0.1, 0.15) is 0 Å². The molecule has 7 heteroatoms. The third kappa shape index (κ3) is 4.18. The standard InChI is InChI=1S/C11H19F2N3O.HI/c1-8-7-16(2-3-17-8)10(14)15-6-9-4-11(12,13)5-9;/h8-9H,2-7H2,1H3,(H2,14,15);1H. The van der Waals surface area contributed by atoms with Crippen LogP contribution in [0.2, 0.25) is 0 Å². The first-order valence-corrected chi connectivity index (χ1v) is 6.00. The van der Waals surface area contributed by atoms with Crippen LogP contribution in [0.5, 0.6) is 0 Å². The Morgan fingerprint density at radius 2 is 2.17 bits per heavy atom. The van der Waals surface area contributed by atoms with Gasteiger partial charge in [-0.05, 0) is 12.8 Å². The number of hydrogen-bond acceptors (Lipinski definition) is 2. The summed E-state index contributed by atoms with van der Waals surface area (Å²) in [5, 5.41) is 0. The van der Waals surface area contributed by atoms with Gasteiger partial charge in [-0.15, -0.1) is 24.0 Å². The second kappa shape index (κ2) is 6.31. The van der Waals surface area contributed by atoms with E-state index >= 15 is 0 Å². The number of aliphatic imine (C=N–C) groups is 1. The molecule has 0 amide bonds. The Morgan fingerprint density at radius 3 is 2.72 bits per heavy atom. The lowest BCUT2D eigenvalue weighted by Gasteiger charge is -2.35. The Balaban J connectivity index is 0.00000162. The largest absolute Gasteiger partial charge is 0.375 e. The van der Waals surface area contributed by atoms with E-state index in [1.165, 1.54) is 0 Å². The molecule has 1 aliphatic carbocycles. The van der Waals surface area contributed by atoms with E-state index in [1.807, 2.05) is 11.8 Å². The number of alkyl halides is 2. The van der Waals surface area contributed by atoms with Crippen LogP contribution in [0.25, 0.3) is 0 Å². The second-order valence-corrected chi connectivity index (χ2v) is 4.96. The molecule has 1 saturated heterocycles. The third-order valence-corrected chi connectivity index (χ3v) is 3.25. The van der Waals surface area contributed by atoms with Crippen LogP contribution in [0.15, 0.2) is 4.99 Å². The highest BCUT2D eigenvalue weighted by Crippen LogP contribution is 2.42. The fraction of sp³-hybridized carbons (Fsp3) is 0.909. The molecule has 1 heterocycles. The van der Waals surface area contributed by atoms with Gasteiger partial charge in [0.25, 0.3) is 0 Å². The predicted octanol–water partition coefficient (Wildman–Crippen LogP) is 1.69. The van der Waals surface area contributed by atoms with E-state index in [9.17, 15) is 8.78 Å². The third-order valence-electron chi connectivity index (χ3n) is 3.25. The number of halogens is 3. The number of nitrogens with two attached hydrogens (primary N) is 1. The Kier molecular flexibility index (Phi) is 5.57. The van der Waals surface area contributed by atoms with Crippen molar-refractivity contribution in [2.75, 3.05) is 26.2 Å². The molecule has 2 aliphatic rings. The number of hydrogen-bond donors (Lipinski definition) is 1. The minimum Gasteiger partial charge on any atom is -0.375 e. The molecule has 1 unspecified atom stereocenters. The van der Waals surface area contributed by atoms with E-state index in [0.29, 0.717) is 19.1 Å². The molecule has 0 aromatic carbocycles. The van der Waals surface area contributed by atoms with Gasteiger partial charge in [-0.2, -0.15) is 0 Å². The van der Waals surface area contributed by atoms with Gasteiger partial charge in [0.05, 0.1) is 12.7 Å². The molecule has 106 valence electrons. The van der Waals surface area contributed by atoms with Crippen LogP contribution >= 0.6 is 24.0 Å². The molecule has 0 aromatic heterocycles. The van der Waals surface area contributed by atoms with Crippen LogP contribution in [-0.4, -0.2) is 49.1 Å². The molecule has 2 rings (SSSR count). The zero-order chi connectivity index (χ0) is 12.5. The van der Waals surface area contributed by atoms with Gasteiger partial charge in [0.2, 0.25) is 5.92 Å². The molecule has 0 bridgehead atoms. The summed E-state index contributed by atoms with van der Waals surface area (Å²) in [6.45, 7) is 4.47. The number of ether oxygens (including phenoxy) is 1. The molecule has 1 aliphatic heterocycles. The van der Waals surface area contributed by atoms with Crippen molar-refractivity contribution in [3.05, 3.63) is 0 Å². The molecule has 1 atom stereocenters. The van der Waals surface area contributed by atoms with E-state index in [0.717, 1.165) is 13.1 Å². The van der Waals surface area contributed by atoms with Crippen molar-refractivity contribution in [3.63, 3.8) is 0 Å². The summed E-state index contributed by atoms with van der Waals surface area (Å²) in [6, 6.07) is 0. The fourth-order valence-corrected chi connectivity index (χ4v) is 2.26. The minimum atomic E-state index is -2.47. The Bertz CT molecular complexity index is 307. The van der Waals surface area contributed by atoms with Gasteiger partial charge in [0.15, 0.2) is 5.96 Å². The van der Waals surface area contributed by atoms with Crippen molar-refractivity contribution in [2.24, 2.45) is 16.6 Å². The lowest BCUT2D eigenvalue weighted by Crippen LogP contribution is -2.48. The maximum atomic E-state index is 12.6. The van der Waals surface area contributed by atoms with Gasteiger partial charge < -0.3 is 15.4 Å². The molecule has 4 nitrogen and oxygen atoms in total. The summed E-state index contributed by atoms with van der Waals surface area (Å²) < 4.78 is 30.6. The monoisotopic (exact) mass is 375 g/mol. The first-order chi connectivity index (χ1) is 7.96. The van der Waals surface area contributed by atoms with Gasteiger partial charge in [-0.25, -0.2) is 8.78 Å². The molecular weight excluding hydrogens is 355 g/mol. The number of nitrogens with zero attached hydrogens (tertiary/aromatic N) is 2. The molecule has 2 fully saturated rings. The van der Waals surface area contributed by atoms with E-state index in [1.54, 1.807) is 0 Å². The van der Waals surface area contributed by atoms with Crippen LogP contribution in [0.4, 0.5) is 8.78 Å². The SMILES string of the molecule is CC1CN(C(N)=NCC2CC(F)(F)C2)CCO1.I. The molecule has 0 spiro atoms. The smallest absolute Gasteiger partial charge is 0.248 e. The van der Waals surface area contributed by atoms with Crippen LogP contribution < -0.4 is 5.73 Å². The van der Waals surface area contributed by atoms with Crippen molar-refractivity contribution >= 4 is 29.9 Å². The predicted molar refractivity (Wildman–Crippen MR) is 76.6 cm³/mol. The maximum absolute atomic E-state index is 12.6. The average Bonchev–Trinajstić information content (AvgIpc) is 2.23. The lowest BCUT2D eigenvalue weighted by atomic mass is 9.81. The summed E-state index contributed by atoms with van der Waals surface area (Å²) in [4.78, 5) is 6.15. The Labute approximate surface area is 123 Å². The van der Waals surface area contributed by atoms with Crippen LogP contribution in [-0.2, 0) is 4.74 Å². The molecule has 18 heavy (non-hydrogen) atoms. The summed E-state index contributed by atoms with van der Waals surface area (Å²) in [5.41, 5.74) is 5.84. The number of guanidine groups is 1. The van der Waals surface area contributed by atoms with Crippen LogP contribution in [0.1, 0.15) is 19.8 Å². The van der Waals surface area contributed by atoms with Crippen molar-refractivity contribution in [1.29, 1.82) is 0 Å². The summed E-state index contributed by atoms with van der Waals surface area (Å²) in [7, 11) is 0. The summed E-state index contributed by atoms with van der Waals surface area (Å²) in [5.74, 6) is -2.03. The van der Waals surface area contributed by atoms with Gasteiger partial charge >= 0.3 is 0 Å². The van der Waals surface area contributed by atoms with Crippen LogP contribution in [0.3, 0.4) is 0 Å². The Morgan fingerprint density at radius 1 is 1.50 bits per heavy atom. The maximum Gasteiger partial charge on any atom is 0.248 e. The Hall–Kier alpha value is -0.180. The van der Waals surface area contributed by atoms with Gasteiger partial charge in [0, 0.05) is 32.5 Å². The van der Waals surface area contributed by atoms with Gasteiger partial charge in [-0.3, -0.25) is 4.99 Å². The number of rotatable bonds is 2. The molecule has 2 N–H and O–H groups in total. The fourth-order valence-electron chi connectivity index (χ4n) is 2.26. The van der Waals surface area contributed by atoms with E-state index in [2.05, 4.69) is 4.99 Å². The zero-order valence-corrected chi connectivity index (χ0v) is 12.8. The molecular formula is C11H20F2IN3O. The van der Waals surface area contributed by atoms with Crippen molar-refractivity contribution in [3.8, 4) is 0 Å². The topological polar surface area (TPSA) is 50.8 Å². The lowest BCUT2D eigenvalue weighted by molar-refractivity contribution is -0.107. The molecule has 0 aromatic rings. The van der Waals surface area contributed by atoms with E-state index < -0.39 is 5.92 Å². The average molecular weight is 375 g/mol. The summed E-state index contributed by atoms with van der Waals surface area (Å²) in [6.07, 6.45) is 0.0394. The highest BCUT2D eigenvalue weighted by atomic mass is 127. The van der Waals surface area contributed by atoms with E-state index in [4.69, 9.17) is 10.5 Å². The zero-order valence-electron chi connectivity index (χ0n) is 10.4. The van der Waals surface area contributed by atoms with Crippen molar-refractivity contribution in [1.82, 2.24) is 4.90 Å². The first kappa shape index (κ1) is 15.9.